The van der Waals surface area contributed by atoms with Gasteiger partial charge in [-0.1, -0.05) is 6.07 Å². The van der Waals surface area contributed by atoms with E-state index in [1.807, 2.05) is 25.8 Å². The summed E-state index contributed by atoms with van der Waals surface area (Å²) >= 11 is 0. The number of carbonyl (C=O) groups excluding carboxylic acids is 4. The van der Waals surface area contributed by atoms with Crippen molar-refractivity contribution in [1.82, 2.24) is 30.2 Å². The monoisotopic (exact) mass is 707 g/mol. The van der Waals surface area contributed by atoms with E-state index in [1.54, 1.807) is 0 Å². The minimum Gasteiger partial charge on any atom is -0.375 e. The molecule has 0 bridgehead atoms. The van der Waals surface area contributed by atoms with E-state index in [2.05, 4.69) is 21.0 Å². The number of aromatic nitrogens is 2. The van der Waals surface area contributed by atoms with Gasteiger partial charge in [-0.2, -0.15) is 18.3 Å². The molecule has 1 saturated heterocycles. The molecule has 2 aliphatic carbocycles. The maximum absolute atomic E-state index is 15.8. The van der Waals surface area contributed by atoms with E-state index in [9.17, 15) is 32.3 Å². The molecule has 5 rings (SSSR count). The van der Waals surface area contributed by atoms with Crippen molar-refractivity contribution in [3.8, 4) is 0 Å². The van der Waals surface area contributed by atoms with Crippen LogP contribution in [0.1, 0.15) is 61.5 Å². The lowest BCUT2D eigenvalue weighted by atomic mass is 9.88. The van der Waals surface area contributed by atoms with E-state index in [0.29, 0.717) is 19.2 Å². The number of ether oxygens (including phenoxy) is 1. The molecule has 0 radical (unpaired) electrons. The van der Waals surface area contributed by atoms with E-state index in [4.69, 9.17) is 4.74 Å². The number of methoxy groups -OCH3 is 1. The van der Waals surface area contributed by atoms with E-state index >= 15 is 4.39 Å². The Balaban J connectivity index is 1.41. The summed E-state index contributed by atoms with van der Waals surface area (Å²) < 4.78 is 66.6. The molecule has 1 aliphatic heterocycles. The van der Waals surface area contributed by atoms with Gasteiger partial charge >= 0.3 is 6.18 Å². The SMILES string of the molecule is CCn1nccc1C(=O)N[C@H](C(=O)Nc1ccc(C(C(NC(=O)COC)C(=O)N2CCN(C)[C@H](C)C2)C(F)(F)F)cc1F)C(C1CC1)C1CC1. The van der Waals surface area contributed by atoms with Gasteiger partial charge in [0.15, 0.2) is 0 Å². The Hall–Kier alpha value is -4.05. The van der Waals surface area contributed by atoms with Crippen LogP contribution in [0.25, 0.3) is 0 Å². The molecule has 2 saturated carbocycles. The number of benzene rings is 1. The molecule has 12 nitrogen and oxygen atoms in total. The molecule has 16 heteroatoms. The molecule has 2 unspecified atom stereocenters. The van der Waals surface area contributed by atoms with Crippen LogP contribution in [0.15, 0.2) is 30.5 Å². The van der Waals surface area contributed by atoms with Crippen LogP contribution < -0.4 is 16.0 Å². The van der Waals surface area contributed by atoms with Gasteiger partial charge in [0.1, 0.15) is 36.1 Å². The number of piperazine rings is 1. The van der Waals surface area contributed by atoms with E-state index < -0.39 is 65.8 Å². The average Bonchev–Trinajstić information content (AvgIpc) is 4.01. The van der Waals surface area contributed by atoms with Crippen molar-refractivity contribution in [1.29, 1.82) is 0 Å². The average molecular weight is 708 g/mol. The lowest BCUT2D eigenvalue weighted by molar-refractivity contribution is -0.169. The zero-order valence-corrected chi connectivity index (χ0v) is 28.6. The lowest BCUT2D eigenvalue weighted by Crippen LogP contribution is -2.60. The number of hydrogen-bond acceptors (Lipinski definition) is 7. The van der Waals surface area contributed by atoms with Crippen LogP contribution in [0.5, 0.6) is 0 Å². The van der Waals surface area contributed by atoms with Gasteiger partial charge in [0, 0.05) is 45.5 Å². The number of amides is 4. The van der Waals surface area contributed by atoms with E-state index in [-0.39, 0.29) is 48.3 Å². The number of halogens is 4. The fraction of sp³-hybridized carbons (Fsp3) is 0.618. The summed E-state index contributed by atoms with van der Waals surface area (Å²) in [7, 11) is 3.03. The summed E-state index contributed by atoms with van der Waals surface area (Å²) in [5, 5.41) is 11.6. The predicted octanol–water partition coefficient (Wildman–Crippen LogP) is 3.16. The standard InChI is InChI=1S/C34H45F4N7O5/c1-5-45-25(12-13-39-45)31(47)42-29(27(20-6-7-20)21-8-9-21)32(48)40-24-11-10-22(16-23(24)35)28(34(36,37)38)30(41-26(46)18-50-4)33(49)44-15-14-43(3)19(2)17-44/h10-13,16,19-21,27-30H,5-9,14-15,17-18H2,1-4H3,(H,40,48)(H,41,46)(H,42,47)/t19-,28?,29+,30?/m1/s1. The molecule has 3 aliphatic rings. The quantitative estimate of drug-likeness (QED) is 0.257. The van der Waals surface area contributed by atoms with Gasteiger partial charge in [-0.15, -0.1) is 0 Å². The van der Waals surface area contributed by atoms with Crippen molar-refractivity contribution in [2.45, 2.75) is 76.3 Å². The second kappa shape index (κ2) is 15.5. The highest BCUT2D eigenvalue weighted by atomic mass is 19.4. The molecule has 3 fully saturated rings. The van der Waals surface area contributed by atoms with Gasteiger partial charge in [-0.05, 0) is 88.1 Å². The highest BCUT2D eigenvalue weighted by molar-refractivity contribution is 6.01. The number of nitrogens with zero attached hydrogens (tertiary/aromatic N) is 4. The summed E-state index contributed by atoms with van der Waals surface area (Å²) in [6.07, 6.45) is -0.0390. The van der Waals surface area contributed by atoms with Crippen LogP contribution >= 0.6 is 0 Å². The van der Waals surface area contributed by atoms with Crippen molar-refractivity contribution >= 4 is 29.3 Å². The number of nitrogens with one attached hydrogen (secondary N) is 3. The zero-order valence-electron chi connectivity index (χ0n) is 28.6. The van der Waals surface area contributed by atoms with E-state index in [0.717, 1.165) is 37.8 Å². The van der Waals surface area contributed by atoms with Gasteiger partial charge in [0.05, 0.1) is 5.69 Å². The first kappa shape index (κ1) is 37.2. The molecular formula is C34H45F4N7O5. The number of alkyl halides is 3. The van der Waals surface area contributed by atoms with Crippen molar-refractivity contribution < 1.29 is 41.5 Å². The summed E-state index contributed by atoms with van der Waals surface area (Å²) in [5.74, 6) is -6.65. The minimum absolute atomic E-state index is 0.136. The van der Waals surface area contributed by atoms with Crippen molar-refractivity contribution in [3.05, 3.63) is 47.5 Å². The molecule has 3 N–H and O–H groups in total. The Morgan fingerprint density at radius 1 is 1.02 bits per heavy atom. The number of anilines is 1. The van der Waals surface area contributed by atoms with Gasteiger partial charge in [0.25, 0.3) is 5.91 Å². The highest BCUT2D eigenvalue weighted by Crippen LogP contribution is 2.51. The van der Waals surface area contributed by atoms with Gasteiger partial charge in [-0.3, -0.25) is 23.9 Å². The predicted molar refractivity (Wildman–Crippen MR) is 174 cm³/mol. The number of carbonyl (C=O) groups is 4. The third-order valence-electron chi connectivity index (χ3n) is 9.96. The zero-order chi connectivity index (χ0) is 36.3. The minimum atomic E-state index is -5.09. The molecule has 274 valence electrons. The highest BCUT2D eigenvalue weighted by Gasteiger charge is 2.51. The van der Waals surface area contributed by atoms with Gasteiger partial charge in [-0.25, -0.2) is 4.39 Å². The van der Waals surface area contributed by atoms with Crippen LogP contribution in [0.2, 0.25) is 0 Å². The van der Waals surface area contributed by atoms with Gasteiger partial charge < -0.3 is 30.5 Å². The Kier molecular flexibility index (Phi) is 11.5. The largest absolute Gasteiger partial charge is 0.398 e. The van der Waals surface area contributed by atoms with Crippen molar-refractivity contribution in [2.75, 3.05) is 45.7 Å². The summed E-state index contributed by atoms with van der Waals surface area (Å²) in [5.41, 5.74) is -0.739. The number of hydrogen-bond donors (Lipinski definition) is 3. The first-order valence-electron chi connectivity index (χ1n) is 17.0. The smallest absolute Gasteiger partial charge is 0.375 e. The fourth-order valence-corrected chi connectivity index (χ4v) is 6.91. The summed E-state index contributed by atoms with van der Waals surface area (Å²) in [4.78, 5) is 56.6. The fourth-order valence-electron chi connectivity index (χ4n) is 6.91. The Morgan fingerprint density at radius 3 is 2.26 bits per heavy atom. The Labute approximate surface area is 288 Å². The Bertz CT molecular complexity index is 1550. The second-order valence-electron chi connectivity index (χ2n) is 13.6. The normalized spacial score (nSPS) is 20.3. The number of rotatable bonds is 14. The molecule has 0 spiro atoms. The second-order valence-corrected chi connectivity index (χ2v) is 13.6. The van der Waals surface area contributed by atoms with Crippen LogP contribution in [0.3, 0.4) is 0 Å². The summed E-state index contributed by atoms with van der Waals surface area (Å²) in [6, 6.07) is 0.873. The molecule has 4 atom stereocenters. The van der Waals surface area contributed by atoms with Gasteiger partial charge in [0.2, 0.25) is 17.7 Å². The first-order valence-corrected chi connectivity index (χ1v) is 17.0. The molecule has 50 heavy (non-hydrogen) atoms. The van der Waals surface area contributed by atoms with Crippen molar-refractivity contribution in [2.24, 2.45) is 17.8 Å². The molecule has 2 heterocycles. The molecule has 2 aromatic rings. The molecule has 1 aromatic heterocycles. The number of likely N-dealkylation sites (N-methyl/N-ethyl adjacent to an activating group) is 1. The third-order valence-corrected chi connectivity index (χ3v) is 9.96. The molecule has 4 amide bonds. The molecule has 1 aromatic carbocycles. The van der Waals surface area contributed by atoms with Crippen LogP contribution in [-0.4, -0.2) is 108 Å². The maximum Gasteiger partial charge on any atom is 0.398 e. The first-order chi connectivity index (χ1) is 23.7. The molecular weight excluding hydrogens is 662 g/mol. The topological polar surface area (TPSA) is 138 Å². The van der Waals surface area contributed by atoms with Crippen molar-refractivity contribution in [3.63, 3.8) is 0 Å². The number of aryl methyl sites for hydroxylation is 1. The van der Waals surface area contributed by atoms with Crippen LogP contribution in [0, 0.1) is 23.6 Å². The lowest BCUT2D eigenvalue weighted by Gasteiger charge is -2.40. The van der Waals surface area contributed by atoms with E-state index in [1.165, 1.54) is 29.0 Å². The van der Waals surface area contributed by atoms with Crippen LogP contribution in [-0.2, 0) is 25.7 Å². The summed E-state index contributed by atoms with van der Waals surface area (Å²) in [6.45, 7) is 4.17. The Morgan fingerprint density at radius 2 is 1.70 bits per heavy atom. The third kappa shape index (κ3) is 8.63. The van der Waals surface area contributed by atoms with Crippen LogP contribution in [0.4, 0.5) is 23.2 Å². The maximum atomic E-state index is 15.8.